The number of β-amino-alcohol motifs (C(OH)–C–C–N with tert-alkyl or cyclic N) is 1. The van der Waals surface area contributed by atoms with Crippen molar-refractivity contribution in [2.45, 2.75) is 32.0 Å². The summed E-state index contributed by atoms with van der Waals surface area (Å²) in [7, 11) is 0. The largest absolute Gasteiger partial charge is 0.389 e. The van der Waals surface area contributed by atoms with Gasteiger partial charge in [-0.3, -0.25) is 4.79 Å². The summed E-state index contributed by atoms with van der Waals surface area (Å²) in [5, 5.41) is 10.7. The normalized spacial score (nSPS) is 19.2. The van der Waals surface area contributed by atoms with Gasteiger partial charge >= 0.3 is 0 Å². The molecule has 1 aliphatic rings. The van der Waals surface area contributed by atoms with Crippen LogP contribution in [-0.2, 0) is 17.8 Å². The third-order valence-electron chi connectivity index (χ3n) is 5.70. The van der Waals surface area contributed by atoms with E-state index in [2.05, 4.69) is 19.9 Å². The van der Waals surface area contributed by atoms with Gasteiger partial charge in [-0.05, 0) is 12.1 Å². The summed E-state index contributed by atoms with van der Waals surface area (Å²) in [6.45, 7) is 2.82. The second-order valence-corrected chi connectivity index (χ2v) is 7.47. The number of aliphatic hydroxyl groups excluding tert-OH is 1. The Morgan fingerprint density at radius 3 is 2.90 bits per heavy atom. The van der Waals surface area contributed by atoms with E-state index < -0.39 is 6.10 Å². The summed E-state index contributed by atoms with van der Waals surface area (Å²) in [4.78, 5) is 31.9. The van der Waals surface area contributed by atoms with Gasteiger partial charge < -0.3 is 24.9 Å². The maximum absolute atomic E-state index is 13.1. The highest BCUT2D eigenvalue weighted by atomic mass is 16.3. The number of hydrogen-bond acceptors (Lipinski definition) is 7. The first-order chi connectivity index (χ1) is 14.6. The first-order valence-electron chi connectivity index (χ1n) is 9.89. The van der Waals surface area contributed by atoms with E-state index in [0.29, 0.717) is 23.5 Å². The van der Waals surface area contributed by atoms with E-state index in [4.69, 9.17) is 5.73 Å². The lowest BCUT2D eigenvalue weighted by atomic mass is 10.2. The van der Waals surface area contributed by atoms with Gasteiger partial charge in [-0.2, -0.15) is 0 Å². The molecule has 4 aromatic rings. The van der Waals surface area contributed by atoms with Crippen LogP contribution in [0.5, 0.6) is 0 Å². The number of aromatic nitrogens is 6. The SMILES string of the molecule is CCc1nc2ccccc2n1CC(=O)N1C[C@@H](O)[C@H](n2cnc3c(N)ncnc32)C1. The molecule has 30 heavy (non-hydrogen) atoms. The molecule has 2 atom stereocenters. The number of imidazole rings is 2. The van der Waals surface area contributed by atoms with E-state index in [1.54, 1.807) is 15.8 Å². The zero-order chi connectivity index (χ0) is 20.8. The molecular formula is C20H22N8O2. The number of anilines is 1. The van der Waals surface area contributed by atoms with Gasteiger partial charge in [-0.25, -0.2) is 19.9 Å². The number of para-hydroxylation sites is 2. The van der Waals surface area contributed by atoms with Crippen LogP contribution >= 0.6 is 0 Å². The Kier molecular flexibility index (Phi) is 4.35. The van der Waals surface area contributed by atoms with Crippen LogP contribution in [0.15, 0.2) is 36.9 Å². The van der Waals surface area contributed by atoms with Crippen molar-refractivity contribution in [3.63, 3.8) is 0 Å². The predicted molar refractivity (Wildman–Crippen MR) is 110 cm³/mol. The number of carbonyl (C=O) groups is 1. The van der Waals surface area contributed by atoms with E-state index in [9.17, 15) is 9.90 Å². The number of hydrogen-bond donors (Lipinski definition) is 2. The van der Waals surface area contributed by atoms with E-state index in [-0.39, 0.29) is 25.0 Å². The molecule has 4 heterocycles. The Labute approximate surface area is 172 Å². The van der Waals surface area contributed by atoms with E-state index in [1.165, 1.54) is 6.33 Å². The van der Waals surface area contributed by atoms with Crippen LogP contribution in [0.1, 0.15) is 18.8 Å². The van der Waals surface area contributed by atoms with Gasteiger partial charge in [-0.1, -0.05) is 19.1 Å². The molecule has 1 amide bonds. The molecule has 0 spiro atoms. The van der Waals surface area contributed by atoms with Crippen LogP contribution in [0, 0.1) is 0 Å². The highest BCUT2D eigenvalue weighted by Crippen LogP contribution is 2.27. The molecule has 1 aliphatic heterocycles. The fourth-order valence-corrected chi connectivity index (χ4v) is 4.17. The lowest BCUT2D eigenvalue weighted by Gasteiger charge is -2.18. The molecular weight excluding hydrogens is 384 g/mol. The number of nitrogen functional groups attached to an aromatic ring is 1. The molecule has 0 radical (unpaired) electrons. The number of carbonyl (C=O) groups excluding carboxylic acids is 1. The summed E-state index contributed by atoms with van der Waals surface area (Å²) >= 11 is 0. The van der Waals surface area contributed by atoms with Crippen LogP contribution < -0.4 is 5.73 Å². The van der Waals surface area contributed by atoms with E-state index in [1.807, 2.05) is 35.8 Å². The van der Waals surface area contributed by atoms with Crippen molar-refractivity contribution in [3.05, 3.63) is 42.7 Å². The molecule has 154 valence electrons. The molecule has 1 fully saturated rings. The summed E-state index contributed by atoms with van der Waals surface area (Å²) in [6.07, 6.45) is 2.97. The van der Waals surface area contributed by atoms with Gasteiger partial charge in [0.05, 0.1) is 29.5 Å². The third kappa shape index (κ3) is 2.88. The maximum atomic E-state index is 13.1. The molecule has 1 aromatic carbocycles. The monoisotopic (exact) mass is 406 g/mol. The van der Waals surface area contributed by atoms with Crippen molar-refractivity contribution >= 4 is 33.9 Å². The molecule has 1 saturated heterocycles. The minimum atomic E-state index is -0.729. The third-order valence-corrected chi connectivity index (χ3v) is 5.70. The Hall–Kier alpha value is -3.53. The molecule has 10 nitrogen and oxygen atoms in total. The maximum Gasteiger partial charge on any atom is 0.242 e. The number of aliphatic hydroxyl groups is 1. The zero-order valence-electron chi connectivity index (χ0n) is 16.5. The number of amides is 1. The Balaban J connectivity index is 1.40. The van der Waals surface area contributed by atoms with Gasteiger partial charge in [0.15, 0.2) is 11.5 Å². The van der Waals surface area contributed by atoms with Gasteiger partial charge in [0.25, 0.3) is 0 Å². The molecule has 0 saturated carbocycles. The molecule has 0 bridgehead atoms. The number of aryl methyl sites for hydroxylation is 1. The summed E-state index contributed by atoms with van der Waals surface area (Å²) < 4.78 is 3.73. The summed E-state index contributed by atoms with van der Waals surface area (Å²) in [6, 6.07) is 7.45. The topological polar surface area (TPSA) is 128 Å². The van der Waals surface area contributed by atoms with Crippen molar-refractivity contribution in [3.8, 4) is 0 Å². The van der Waals surface area contributed by atoms with Gasteiger partial charge in [0.2, 0.25) is 5.91 Å². The fraction of sp³-hybridized carbons (Fsp3) is 0.350. The lowest BCUT2D eigenvalue weighted by molar-refractivity contribution is -0.131. The predicted octanol–water partition coefficient (Wildman–Crippen LogP) is 0.765. The van der Waals surface area contributed by atoms with Gasteiger partial charge in [0, 0.05) is 19.5 Å². The first kappa shape index (κ1) is 18.5. The molecule has 10 heteroatoms. The number of nitrogens with two attached hydrogens (primary N) is 1. The Bertz CT molecular complexity index is 1250. The smallest absolute Gasteiger partial charge is 0.242 e. The van der Waals surface area contributed by atoms with Crippen LogP contribution in [0.25, 0.3) is 22.2 Å². The average molecular weight is 406 g/mol. The molecule has 0 unspecified atom stereocenters. The number of likely N-dealkylation sites (tertiary alicyclic amines) is 1. The van der Waals surface area contributed by atoms with Crippen molar-refractivity contribution < 1.29 is 9.90 Å². The Morgan fingerprint density at radius 1 is 1.23 bits per heavy atom. The quantitative estimate of drug-likeness (QED) is 0.512. The van der Waals surface area contributed by atoms with Crippen LogP contribution in [0.2, 0.25) is 0 Å². The number of nitrogens with zero attached hydrogens (tertiary/aromatic N) is 7. The van der Waals surface area contributed by atoms with Crippen LogP contribution in [0.4, 0.5) is 5.82 Å². The summed E-state index contributed by atoms with van der Waals surface area (Å²) in [5.74, 6) is 1.10. The minimum absolute atomic E-state index is 0.0621. The number of rotatable bonds is 4. The molecule has 3 aromatic heterocycles. The van der Waals surface area contributed by atoms with Crippen LogP contribution in [-0.4, -0.2) is 64.2 Å². The zero-order valence-corrected chi connectivity index (χ0v) is 16.5. The van der Waals surface area contributed by atoms with Crippen molar-refractivity contribution in [1.82, 2.24) is 34.0 Å². The first-order valence-corrected chi connectivity index (χ1v) is 9.89. The van der Waals surface area contributed by atoms with E-state index in [0.717, 1.165) is 23.3 Å². The number of fused-ring (bicyclic) bond motifs is 2. The minimum Gasteiger partial charge on any atom is -0.389 e. The van der Waals surface area contributed by atoms with Crippen molar-refractivity contribution in [2.24, 2.45) is 0 Å². The number of benzene rings is 1. The highest BCUT2D eigenvalue weighted by molar-refractivity contribution is 5.82. The van der Waals surface area contributed by atoms with Crippen LogP contribution in [0.3, 0.4) is 0 Å². The summed E-state index contributed by atoms with van der Waals surface area (Å²) in [5.41, 5.74) is 8.72. The lowest BCUT2D eigenvalue weighted by Crippen LogP contribution is -2.33. The molecule has 3 N–H and O–H groups in total. The average Bonchev–Trinajstić information content (AvgIpc) is 3.44. The van der Waals surface area contributed by atoms with Crippen molar-refractivity contribution in [2.75, 3.05) is 18.8 Å². The fourth-order valence-electron chi connectivity index (χ4n) is 4.17. The molecule has 0 aliphatic carbocycles. The second-order valence-electron chi connectivity index (χ2n) is 7.47. The standard InChI is InChI=1S/C20H22N8O2/c1-2-16-25-12-5-3-4-6-13(12)27(16)9-17(30)26-7-14(15(29)8-26)28-11-24-18-19(21)22-10-23-20(18)28/h3-6,10-11,14-15,29H,2,7-9H2,1H3,(H2,21,22,23)/t14-,15-/m1/s1. The highest BCUT2D eigenvalue weighted by Gasteiger charge is 2.36. The Morgan fingerprint density at radius 2 is 2.07 bits per heavy atom. The second kappa shape index (κ2) is 7.06. The van der Waals surface area contributed by atoms with E-state index >= 15 is 0 Å². The molecule has 5 rings (SSSR count). The van der Waals surface area contributed by atoms with Gasteiger partial charge in [-0.15, -0.1) is 0 Å². The van der Waals surface area contributed by atoms with Gasteiger partial charge in [0.1, 0.15) is 24.2 Å². The van der Waals surface area contributed by atoms with Crippen molar-refractivity contribution in [1.29, 1.82) is 0 Å².